The Bertz CT molecular complexity index is 783. The number of hydrogen-bond acceptors (Lipinski definition) is 1. The molecule has 3 rings (SSSR count). The second-order valence-corrected chi connectivity index (χ2v) is 5.30. The summed E-state index contributed by atoms with van der Waals surface area (Å²) in [5, 5.41) is 0. The zero-order valence-electron chi connectivity index (χ0n) is 12.1. The quantitative estimate of drug-likeness (QED) is 0.709. The second-order valence-electron chi connectivity index (χ2n) is 5.30. The van der Waals surface area contributed by atoms with Gasteiger partial charge in [0.2, 0.25) is 0 Å². The van der Waals surface area contributed by atoms with E-state index in [2.05, 4.69) is 11.9 Å². The minimum Gasteiger partial charge on any atom is -0.348 e. The van der Waals surface area contributed by atoms with Crippen LogP contribution in [0.4, 0.5) is 13.2 Å². The van der Waals surface area contributed by atoms with Crippen LogP contribution >= 0.6 is 0 Å². The third-order valence-corrected chi connectivity index (χ3v) is 3.61. The molecule has 0 atom stereocenters. The van der Waals surface area contributed by atoms with Crippen LogP contribution in [0.2, 0.25) is 0 Å². The van der Waals surface area contributed by atoms with Crippen LogP contribution in [0.1, 0.15) is 30.2 Å². The highest BCUT2D eigenvalue weighted by Crippen LogP contribution is 2.32. The van der Waals surface area contributed by atoms with Gasteiger partial charge in [0.25, 0.3) is 0 Å². The van der Waals surface area contributed by atoms with Crippen molar-refractivity contribution in [2.45, 2.75) is 32.5 Å². The summed E-state index contributed by atoms with van der Waals surface area (Å²) in [7, 11) is 0. The maximum Gasteiger partial charge on any atom is 0.419 e. The van der Waals surface area contributed by atoms with Crippen molar-refractivity contribution in [2.24, 2.45) is 0 Å². The van der Waals surface area contributed by atoms with Gasteiger partial charge in [-0.3, -0.25) is 0 Å². The van der Waals surface area contributed by atoms with Crippen LogP contribution in [-0.2, 0) is 19.1 Å². The van der Waals surface area contributed by atoms with Crippen LogP contribution in [0.15, 0.2) is 43.0 Å². The molecule has 0 aliphatic carbocycles. The van der Waals surface area contributed by atoms with E-state index in [1.54, 1.807) is 6.20 Å². The number of fused-ring (bicyclic) bond motifs is 1. The van der Waals surface area contributed by atoms with Crippen molar-refractivity contribution in [2.75, 3.05) is 0 Å². The van der Waals surface area contributed by atoms with E-state index in [0.29, 0.717) is 6.54 Å². The first-order chi connectivity index (χ1) is 10.5. The highest BCUT2D eigenvalue weighted by molar-refractivity contribution is 5.50. The Hall–Kier alpha value is -2.24. The third kappa shape index (κ3) is 2.73. The number of aromatic nitrogens is 3. The van der Waals surface area contributed by atoms with Crippen molar-refractivity contribution in [3.05, 3.63) is 59.8 Å². The number of pyridine rings is 1. The fourth-order valence-corrected chi connectivity index (χ4v) is 2.61. The van der Waals surface area contributed by atoms with Crippen molar-refractivity contribution in [3.63, 3.8) is 0 Å². The highest BCUT2D eigenvalue weighted by Gasteiger charge is 2.33. The van der Waals surface area contributed by atoms with Crippen LogP contribution in [0.3, 0.4) is 0 Å². The molecule has 0 bridgehead atoms. The molecule has 6 heteroatoms. The van der Waals surface area contributed by atoms with Gasteiger partial charge in [0.15, 0.2) is 0 Å². The molecule has 116 valence electrons. The van der Waals surface area contributed by atoms with Gasteiger partial charge in [-0.05, 0) is 30.2 Å². The summed E-state index contributed by atoms with van der Waals surface area (Å²) in [5.41, 5.74) is 1.19. The Kier molecular flexibility index (Phi) is 3.68. The topological polar surface area (TPSA) is 22.2 Å². The molecule has 0 saturated carbocycles. The number of alkyl halides is 3. The Morgan fingerprint density at radius 1 is 1.18 bits per heavy atom. The van der Waals surface area contributed by atoms with Gasteiger partial charge in [0.1, 0.15) is 5.65 Å². The first-order valence-electron chi connectivity index (χ1n) is 7.16. The van der Waals surface area contributed by atoms with Gasteiger partial charge in [-0.1, -0.05) is 13.3 Å². The molecular weight excluding hydrogens is 291 g/mol. The van der Waals surface area contributed by atoms with Gasteiger partial charge in [0, 0.05) is 18.6 Å². The molecule has 3 nitrogen and oxygen atoms in total. The van der Waals surface area contributed by atoms with E-state index in [4.69, 9.17) is 0 Å². The van der Waals surface area contributed by atoms with Gasteiger partial charge in [-0.15, -0.1) is 0 Å². The summed E-state index contributed by atoms with van der Waals surface area (Å²) in [6.07, 6.45) is 4.75. The van der Waals surface area contributed by atoms with Gasteiger partial charge in [-0.2, -0.15) is 13.2 Å². The highest BCUT2D eigenvalue weighted by atomic mass is 19.4. The largest absolute Gasteiger partial charge is 0.419 e. The molecule has 0 saturated heterocycles. The van der Waals surface area contributed by atoms with E-state index in [1.807, 2.05) is 23.0 Å². The lowest BCUT2D eigenvalue weighted by molar-refractivity contribution is -0.136. The van der Waals surface area contributed by atoms with E-state index in [0.717, 1.165) is 24.6 Å². The van der Waals surface area contributed by atoms with Crippen LogP contribution < -0.4 is 0 Å². The Labute approximate surface area is 126 Å². The average molecular weight is 307 g/mol. The second kappa shape index (κ2) is 5.51. The van der Waals surface area contributed by atoms with E-state index >= 15 is 0 Å². The fraction of sp³-hybridized carbons (Fsp3) is 0.312. The number of halogens is 3. The van der Waals surface area contributed by atoms with Crippen LogP contribution in [0.5, 0.6) is 0 Å². The molecule has 3 heterocycles. The molecule has 0 aliphatic heterocycles. The van der Waals surface area contributed by atoms with Crippen LogP contribution in [0.25, 0.3) is 5.65 Å². The molecule has 0 fully saturated rings. The Morgan fingerprint density at radius 2 is 2.00 bits per heavy atom. The number of imidazole rings is 1. The molecule has 3 aromatic rings. The standard InChI is InChI=1S/C16H16F3N3/c1-2-4-12-6-8-21(10-12)11-13-9-20-15-14(16(17,18)19)5-3-7-22(13)15/h3,5-10H,2,4,11H2,1H3. The molecule has 0 aromatic carbocycles. The minimum atomic E-state index is -4.40. The first-order valence-corrected chi connectivity index (χ1v) is 7.16. The Balaban J connectivity index is 1.95. The smallest absolute Gasteiger partial charge is 0.348 e. The maximum absolute atomic E-state index is 13.0. The summed E-state index contributed by atoms with van der Waals surface area (Å²) in [5.74, 6) is 0. The predicted octanol–water partition coefficient (Wildman–Crippen LogP) is 4.16. The zero-order valence-corrected chi connectivity index (χ0v) is 12.1. The van der Waals surface area contributed by atoms with Gasteiger partial charge < -0.3 is 8.97 Å². The lowest BCUT2D eigenvalue weighted by Gasteiger charge is -2.09. The summed E-state index contributed by atoms with van der Waals surface area (Å²) in [6.45, 7) is 2.60. The van der Waals surface area contributed by atoms with Crippen LogP contribution in [-0.4, -0.2) is 14.0 Å². The lowest BCUT2D eigenvalue weighted by Crippen LogP contribution is -2.08. The molecule has 0 aliphatic rings. The average Bonchev–Trinajstić information content (AvgIpc) is 3.06. The summed E-state index contributed by atoms with van der Waals surface area (Å²) in [4.78, 5) is 3.95. The number of hydrogen-bond donors (Lipinski definition) is 0. The fourth-order valence-electron chi connectivity index (χ4n) is 2.61. The lowest BCUT2D eigenvalue weighted by atomic mass is 10.2. The van der Waals surface area contributed by atoms with Gasteiger partial charge in [0.05, 0.1) is 24.0 Å². The number of aryl methyl sites for hydroxylation is 1. The number of rotatable bonds is 4. The molecule has 0 amide bonds. The molecule has 0 spiro atoms. The van der Waals surface area contributed by atoms with Crippen molar-refractivity contribution in [1.82, 2.24) is 14.0 Å². The summed E-state index contributed by atoms with van der Waals surface area (Å²) in [6, 6.07) is 4.49. The Morgan fingerprint density at radius 3 is 2.73 bits per heavy atom. The van der Waals surface area contributed by atoms with Gasteiger partial charge >= 0.3 is 6.18 Å². The zero-order chi connectivity index (χ0) is 15.7. The summed E-state index contributed by atoms with van der Waals surface area (Å²) < 4.78 is 42.4. The van der Waals surface area contributed by atoms with E-state index in [9.17, 15) is 13.2 Å². The first kappa shape index (κ1) is 14.7. The van der Waals surface area contributed by atoms with E-state index in [1.165, 1.54) is 22.2 Å². The predicted molar refractivity (Wildman–Crippen MR) is 77.7 cm³/mol. The van der Waals surface area contributed by atoms with Crippen molar-refractivity contribution in [1.29, 1.82) is 0 Å². The van der Waals surface area contributed by atoms with Crippen molar-refractivity contribution in [3.8, 4) is 0 Å². The van der Waals surface area contributed by atoms with Crippen molar-refractivity contribution >= 4 is 5.65 Å². The molecule has 3 aromatic heterocycles. The molecule has 0 N–H and O–H groups in total. The molecule has 0 radical (unpaired) electrons. The monoisotopic (exact) mass is 307 g/mol. The summed E-state index contributed by atoms with van der Waals surface area (Å²) >= 11 is 0. The molecular formula is C16H16F3N3. The normalized spacial score (nSPS) is 12.2. The molecule has 0 unspecified atom stereocenters. The minimum absolute atomic E-state index is 0.0501. The van der Waals surface area contributed by atoms with Gasteiger partial charge in [-0.25, -0.2) is 4.98 Å². The van der Waals surface area contributed by atoms with E-state index in [-0.39, 0.29) is 5.65 Å². The van der Waals surface area contributed by atoms with Crippen molar-refractivity contribution < 1.29 is 13.2 Å². The number of nitrogens with zero attached hydrogens (tertiary/aromatic N) is 3. The SMILES string of the molecule is CCCc1ccn(Cc2cnc3c(C(F)(F)F)cccn23)c1. The molecule has 22 heavy (non-hydrogen) atoms. The maximum atomic E-state index is 13.0. The third-order valence-electron chi connectivity index (χ3n) is 3.61. The van der Waals surface area contributed by atoms with E-state index < -0.39 is 11.7 Å². The van der Waals surface area contributed by atoms with Crippen LogP contribution in [0, 0.1) is 0 Å².